The van der Waals surface area contributed by atoms with E-state index in [1.54, 1.807) is 7.11 Å². The number of para-hydroxylation sites is 2. The van der Waals surface area contributed by atoms with Gasteiger partial charge in [0.2, 0.25) is 0 Å². The smallest absolute Gasteiger partial charge is 0.134 e. The van der Waals surface area contributed by atoms with E-state index in [4.69, 9.17) is 14.6 Å². The van der Waals surface area contributed by atoms with Gasteiger partial charge in [0.15, 0.2) is 0 Å². The topological polar surface area (TPSA) is 63.0 Å². The minimum absolute atomic E-state index is 0. The number of halogens is 1. The highest BCUT2D eigenvalue weighted by Crippen LogP contribution is 2.33. The van der Waals surface area contributed by atoms with Gasteiger partial charge in [0.25, 0.3) is 0 Å². The summed E-state index contributed by atoms with van der Waals surface area (Å²) < 4.78 is 14.8. The molecule has 0 amide bonds. The Balaban J connectivity index is 0.000000278. The molecular weight excluding hydrogens is 715 g/mol. The molecule has 2 saturated heterocycles. The van der Waals surface area contributed by atoms with Gasteiger partial charge in [-0.05, 0) is 83.1 Å². The first-order valence-electron chi connectivity index (χ1n) is 14.8. The molecule has 5 aromatic rings. The third-order valence-corrected chi connectivity index (χ3v) is 8.79. The van der Waals surface area contributed by atoms with Crippen molar-refractivity contribution < 1.29 is 14.6 Å². The second kappa shape index (κ2) is 16.5. The molecule has 1 N–H and O–H groups in total. The Kier molecular flexibility index (Phi) is 12.8. The number of ether oxygens (including phenoxy) is 2. The highest BCUT2D eigenvalue weighted by Gasteiger charge is 2.26. The molecule has 0 radical (unpaired) electrons. The zero-order valence-corrected chi connectivity index (χ0v) is 29.5. The van der Waals surface area contributed by atoms with Gasteiger partial charge in [-0.15, -0.1) is 0 Å². The number of benzene rings is 4. The van der Waals surface area contributed by atoms with Gasteiger partial charge in [-0.1, -0.05) is 54.6 Å². The maximum Gasteiger partial charge on any atom is 0.134 e. The van der Waals surface area contributed by atoms with E-state index < -0.39 is 0 Å². The van der Waals surface area contributed by atoms with Crippen molar-refractivity contribution in [3.8, 4) is 11.5 Å². The number of aliphatic hydroxyl groups excluding tert-OH is 1. The quantitative estimate of drug-likeness (QED) is 0.184. The lowest BCUT2D eigenvalue weighted by molar-refractivity contribution is 0.198. The number of β-amino-alcohol motifs (C(OH)–C–C–N with tert-alkyl or cyclic N) is 1. The summed E-state index contributed by atoms with van der Waals surface area (Å²) in [5.74, 6) is 1.78. The second-order valence-electron chi connectivity index (χ2n) is 11.0. The normalized spacial score (nSPS) is 17.2. The largest absolute Gasteiger partial charge is 0.497 e. The van der Waals surface area contributed by atoms with Gasteiger partial charge < -0.3 is 24.4 Å². The zero-order valence-electron chi connectivity index (χ0n) is 25.3. The van der Waals surface area contributed by atoms with Crippen LogP contribution in [-0.4, -0.2) is 60.4 Å². The molecule has 238 valence electrons. The molecule has 2 aliphatic heterocycles. The highest BCUT2D eigenvalue weighted by atomic mass is 127. The van der Waals surface area contributed by atoms with Gasteiger partial charge in [-0.2, -0.15) is 32.1 Å². The Morgan fingerprint density at radius 3 is 2.00 bits per heavy atom. The number of hydrogen-bond acceptors (Lipinski definition) is 6. The summed E-state index contributed by atoms with van der Waals surface area (Å²) in [6, 6.07) is 35.2. The van der Waals surface area contributed by atoms with Crippen molar-refractivity contribution in [1.29, 1.82) is 0 Å². The van der Waals surface area contributed by atoms with Gasteiger partial charge in [0.05, 0.1) is 37.2 Å². The van der Waals surface area contributed by atoms with Crippen LogP contribution < -0.4 is 19.3 Å². The third kappa shape index (κ3) is 8.60. The monoisotopic (exact) mass is 756 g/mol. The van der Waals surface area contributed by atoms with E-state index in [0.717, 1.165) is 65.1 Å². The van der Waals surface area contributed by atoms with Crippen LogP contribution in [0.4, 0.5) is 11.4 Å². The molecule has 0 unspecified atom stereocenters. The summed E-state index contributed by atoms with van der Waals surface area (Å²) in [5, 5.41) is 15.2. The number of aromatic nitrogens is 2. The minimum Gasteiger partial charge on any atom is -0.497 e. The third-order valence-electron chi connectivity index (χ3n) is 8.03. The molecule has 2 aliphatic rings. The van der Waals surface area contributed by atoms with Gasteiger partial charge in [0.1, 0.15) is 21.3 Å². The summed E-state index contributed by atoms with van der Waals surface area (Å²) in [5.41, 5.74) is 4.75. The number of fused-ring (bicyclic) bond motifs is 1. The summed E-state index contributed by atoms with van der Waals surface area (Å²) in [7, 11) is 1.68. The Morgan fingerprint density at radius 2 is 1.40 bits per heavy atom. The molecule has 3 heterocycles. The van der Waals surface area contributed by atoms with E-state index in [1.807, 2.05) is 30.3 Å². The predicted molar refractivity (Wildman–Crippen MR) is 202 cm³/mol. The molecule has 4 aromatic carbocycles. The highest BCUT2D eigenvalue weighted by molar-refractivity contribution is 14.1. The van der Waals surface area contributed by atoms with E-state index in [1.165, 1.54) is 16.9 Å². The average molecular weight is 757 g/mol. The van der Waals surface area contributed by atoms with Crippen LogP contribution in [0.3, 0.4) is 0 Å². The molecule has 2 atom stereocenters. The van der Waals surface area contributed by atoms with E-state index >= 15 is 0 Å². The fraction of sp³-hybridized carbons (Fsp3) is 0.286. The molecule has 10 heteroatoms. The Bertz CT molecular complexity index is 1620. The number of hydrogen-bond donors (Lipinski definition) is 1. The molecule has 0 bridgehead atoms. The van der Waals surface area contributed by atoms with Crippen molar-refractivity contribution in [2.24, 2.45) is 0 Å². The van der Waals surface area contributed by atoms with Crippen LogP contribution in [0.1, 0.15) is 18.4 Å². The van der Waals surface area contributed by atoms with Gasteiger partial charge in [-0.25, -0.2) is 0 Å². The lowest BCUT2D eigenvalue weighted by Gasteiger charge is -2.19. The number of rotatable bonds is 7. The number of aliphatic hydroxyl groups is 1. The first-order chi connectivity index (χ1) is 21.1. The molecule has 7 rings (SSSR count). The molecule has 7 nitrogen and oxygen atoms in total. The SMILES string of the molecule is COc1ccc(Cn2nc(I)c3c(O[C@H]4CCN(c5ccccc5)C4)cccc32)cc1.O[C@H]1CCN(c2ccccc2)C1.S.S. The standard InChI is InChI=1S/C25H24IN3O2.C10H13NO.2H2S/c1-30-20-12-10-18(11-13-20)16-29-22-8-5-9-23(24(22)25(26)27-29)31-21-14-15-28(17-21)19-6-3-2-4-7-19;12-10-6-7-11(8-10)9-4-2-1-3-5-9;;/h2-13,21H,14-17H2,1H3;1-5,10,12H,6-8H2;2*1H2/t21-;10-;;/m00../s1. The van der Waals surface area contributed by atoms with Crippen molar-refractivity contribution in [1.82, 2.24) is 9.78 Å². The van der Waals surface area contributed by atoms with Crippen molar-refractivity contribution in [3.05, 3.63) is 112 Å². The Labute approximate surface area is 293 Å². The molecule has 45 heavy (non-hydrogen) atoms. The van der Waals surface area contributed by atoms with Crippen molar-refractivity contribution in [2.45, 2.75) is 31.6 Å². The molecule has 0 aliphatic carbocycles. The first kappa shape index (κ1) is 34.8. The lowest BCUT2D eigenvalue weighted by Crippen LogP contribution is -2.24. The lowest BCUT2D eigenvalue weighted by atomic mass is 10.2. The number of anilines is 2. The minimum atomic E-state index is -0.134. The molecule has 0 saturated carbocycles. The van der Waals surface area contributed by atoms with Crippen LogP contribution in [-0.2, 0) is 6.54 Å². The molecular formula is C35H41IN4O3S2. The fourth-order valence-corrected chi connectivity index (χ4v) is 6.57. The summed E-state index contributed by atoms with van der Waals surface area (Å²) in [4.78, 5) is 4.60. The van der Waals surface area contributed by atoms with Gasteiger partial charge >= 0.3 is 0 Å². The van der Waals surface area contributed by atoms with E-state index in [-0.39, 0.29) is 39.2 Å². The summed E-state index contributed by atoms with van der Waals surface area (Å²) >= 11 is 2.32. The van der Waals surface area contributed by atoms with Crippen LogP contribution in [0, 0.1) is 3.70 Å². The van der Waals surface area contributed by atoms with E-state index in [0.29, 0.717) is 6.54 Å². The van der Waals surface area contributed by atoms with Crippen molar-refractivity contribution in [3.63, 3.8) is 0 Å². The molecule has 2 fully saturated rings. The van der Waals surface area contributed by atoms with Gasteiger partial charge in [-0.3, -0.25) is 4.68 Å². The van der Waals surface area contributed by atoms with Crippen LogP contribution in [0.5, 0.6) is 11.5 Å². The summed E-state index contributed by atoms with van der Waals surface area (Å²) in [6.45, 7) is 4.38. The van der Waals surface area contributed by atoms with Gasteiger partial charge in [0, 0.05) is 37.4 Å². The molecule has 0 spiro atoms. The fourth-order valence-electron chi connectivity index (χ4n) is 5.77. The molecule has 1 aromatic heterocycles. The van der Waals surface area contributed by atoms with Crippen LogP contribution in [0.25, 0.3) is 10.9 Å². The van der Waals surface area contributed by atoms with E-state index in [9.17, 15) is 5.11 Å². The second-order valence-corrected chi connectivity index (χ2v) is 12.0. The van der Waals surface area contributed by atoms with Crippen molar-refractivity contribution >= 4 is 71.9 Å². The first-order valence-corrected chi connectivity index (χ1v) is 15.9. The predicted octanol–water partition coefficient (Wildman–Crippen LogP) is 6.84. The maximum absolute atomic E-state index is 9.32. The average Bonchev–Trinajstić information content (AvgIpc) is 3.78. The van der Waals surface area contributed by atoms with Crippen LogP contribution >= 0.6 is 49.6 Å². The number of nitrogens with zero attached hydrogens (tertiary/aromatic N) is 4. The van der Waals surface area contributed by atoms with E-state index in [2.05, 4.69) is 110 Å². The number of methoxy groups -OCH3 is 1. The zero-order chi connectivity index (χ0) is 29.6. The van der Waals surface area contributed by atoms with Crippen LogP contribution in [0.2, 0.25) is 0 Å². The van der Waals surface area contributed by atoms with Crippen LogP contribution in [0.15, 0.2) is 103 Å². The van der Waals surface area contributed by atoms with Crippen molar-refractivity contribution in [2.75, 3.05) is 43.1 Å². The Morgan fingerprint density at radius 1 is 0.778 bits per heavy atom. The maximum atomic E-state index is 9.32. The Hall–Kier alpha value is -3.06. The summed E-state index contributed by atoms with van der Waals surface area (Å²) in [6.07, 6.45) is 1.95.